The molecule has 2 aromatic carbocycles. The van der Waals surface area contributed by atoms with Gasteiger partial charge in [-0.25, -0.2) is 0 Å². The van der Waals surface area contributed by atoms with E-state index in [-0.39, 0.29) is 5.69 Å². The van der Waals surface area contributed by atoms with Crippen LogP contribution in [0.4, 0.5) is 17.1 Å². The zero-order chi connectivity index (χ0) is 15.2. The summed E-state index contributed by atoms with van der Waals surface area (Å²) in [5.41, 5.74) is 5.68. The molecular formula is C15H16N4O2. The maximum Gasteiger partial charge on any atom is 0.269 e. The van der Waals surface area contributed by atoms with Crippen molar-refractivity contribution in [3.63, 3.8) is 0 Å². The Kier molecular flexibility index (Phi) is 4.50. The number of hydrazone groups is 1. The third-order valence-corrected chi connectivity index (χ3v) is 2.89. The van der Waals surface area contributed by atoms with Gasteiger partial charge in [0, 0.05) is 31.9 Å². The standard InChI is InChI=1S/C15H16N4O2/c1-18(2)14-7-3-12(4-8-14)11-16-17-13-5-9-15(10-6-13)19(20)21/h3-11,17H,1-2H3/b16-11-. The van der Waals surface area contributed by atoms with Crippen LogP contribution in [0.2, 0.25) is 0 Å². The van der Waals surface area contributed by atoms with Crippen molar-refractivity contribution in [3.05, 3.63) is 64.2 Å². The summed E-state index contributed by atoms with van der Waals surface area (Å²) < 4.78 is 0. The van der Waals surface area contributed by atoms with E-state index in [1.807, 2.05) is 43.3 Å². The molecule has 0 radical (unpaired) electrons. The molecule has 2 rings (SSSR count). The number of nitro groups is 1. The molecule has 1 N–H and O–H groups in total. The second-order valence-corrected chi connectivity index (χ2v) is 4.66. The normalized spacial score (nSPS) is 10.6. The first-order chi connectivity index (χ1) is 10.1. The van der Waals surface area contributed by atoms with Gasteiger partial charge in [-0.3, -0.25) is 15.5 Å². The second-order valence-electron chi connectivity index (χ2n) is 4.66. The summed E-state index contributed by atoms with van der Waals surface area (Å²) in [6.45, 7) is 0. The first-order valence-corrected chi connectivity index (χ1v) is 6.37. The molecule has 6 nitrogen and oxygen atoms in total. The van der Waals surface area contributed by atoms with Crippen LogP contribution in [0.1, 0.15) is 5.56 Å². The van der Waals surface area contributed by atoms with E-state index in [9.17, 15) is 10.1 Å². The van der Waals surface area contributed by atoms with E-state index in [1.165, 1.54) is 12.1 Å². The highest BCUT2D eigenvalue weighted by molar-refractivity contribution is 5.81. The van der Waals surface area contributed by atoms with Crippen LogP contribution in [0.5, 0.6) is 0 Å². The molecule has 21 heavy (non-hydrogen) atoms. The Hall–Kier alpha value is -2.89. The SMILES string of the molecule is CN(C)c1ccc(/C=N\Nc2ccc([N+](=O)[O-])cc2)cc1. The summed E-state index contributed by atoms with van der Waals surface area (Å²) in [6, 6.07) is 14.1. The minimum Gasteiger partial charge on any atom is -0.378 e. The molecule has 0 saturated heterocycles. The fourth-order valence-electron chi connectivity index (χ4n) is 1.70. The monoisotopic (exact) mass is 284 g/mol. The molecule has 0 amide bonds. The summed E-state index contributed by atoms with van der Waals surface area (Å²) in [5.74, 6) is 0. The van der Waals surface area contributed by atoms with Gasteiger partial charge in [-0.1, -0.05) is 12.1 Å². The fourth-order valence-corrected chi connectivity index (χ4v) is 1.70. The molecule has 0 atom stereocenters. The lowest BCUT2D eigenvalue weighted by Crippen LogP contribution is -2.08. The Morgan fingerprint density at radius 2 is 1.71 bits per heavy atom. The summed E-state index contributed by atoms with van der Waals surface area (Å²) >= 11 is 0. The van der Waals surface area contributed by atoms with E-state index in [0.29, 0.717) is 5.69 Å². The highest BCUT2D eigenvalue weighted by atomic mass is 16.6. The number of nitrogens with one attached hydrogen (secondary N) is 1. The quantitative estimate of drug-likeness (QED) is 0.520. The predicted octanol–water partition coefficient (Wildman–Crippen LogP) is 3.11. The minimum atomic E-state index is -0.431. The second kappa shape index (κ2) is 6.51. The van der Waals surface area contributed by atoms with Crippen molar-refractivity contribution in [1.82, 2.24) is 0 Å². The molecule has 0 heterocycles. The van der Waals surface area contributed by atoms with E-state index >= 15 is 0 Å². The van der Waals surface area contributed by atoms with Gasteiger partial charge in [-0.15, -0.1) is 0 Å². The average molecular weight is 284 g/mol. The number of anilines is 2. The molecule has 0 unspecified atom stereocenters. The molecule has 0 aliphatic carbocycles. The van der Waals surface area contributed by atoms with Crippen LogP contribution in [-0.2, 0) is 0 Å². The van der Waals surface area contributed by atoms with Gasteiger partial charge < -0.3 is 4.90 Å². The van der Waals surface area contributed by atoms with Crippen molar-refractivity contribution in [2.24, 2.45) is 5.10 Å². The number of non-ortho nitro benzene ring substituents is 1. The van der Waals surface area contributed by atoms with Crippen molar-refractivity contribution in [2.75, 3.05) is 24.4 Å². The van der Waals surface area contributed by atoms with E-state index in [0.717, 1.165) is 11.3 Å². The van der Waals surface area contributed by atoms with Crippen LogP contribution in [0.3, 0.4) is 0 Å². The van der Waals surface area contributed by atoms with Gasteiger partial charge in [0.2, 0.25) is 0 Å². The largest absolute Gasteiger partial charge is 0.378 e. The van der Waals surface area contributed by atoms with Crippen LogP contribution in [0.25, 0.3) is 0 Å². The number of nitro benzene ring substituents is 1. The van der Waals surface area contributed by atoms with Crippen molar-refractivity contribution >= 4 is 23.3 Å². The first-order valence-electron chi connectivity index (χ1n) is 6.37. The molecule has 6 heteroatoms. The summed E-state index contributed by atoms with van der Waals surface area (Å²) in [5, 5.41) is 14.6. The zero-order valence-electron chi connectivity index (χ0n) is 11.9. The van der Waals surface area contributed by atoms with Gasteiger partial charge in [-0.2, -0.15) is 5.10 Å². The molecular weight excluding hydrogens is 268 g/mol. The lowest BCUT2D eigenvalue weighted by molar-refractivity contribution is -0.384. The summed E-state index contributed by atoms with van der Waals surface area (Å²) in [6.07, 6.45) is 1.70. The van der Waals surface area contributed by atoms with E-state index in [1.54, 1.807) is 18.3 Å². The number of rotatable bonds is 5. The van der Waals surface area contributed by atoms with Gasteiger partial charge in [0.05, 0.1) is 16.8 Å². The molecule has 2 aromatic rings. The zero-order valence-corrected chi connectivity index (χ0v) is 11.9. The topological polar surface area (TPSA) is 70.8 Å². The van der Waals surface area contributed by atoms with Crippen LogP contribution < -0.4 is 10.3 Å². The number of nitrogens with zero attached hydrogens (tertiary/aromatic N) is 3. The molecule has 0 spiro atoms. The molecule has 0 bridgehead atoms. The Morgan fingerprint density at radius 1 is 1.10 bits per heavy atom. The smallest absolute Gasteiger partial charge is 0.269 e. The van der Waals surface area contributed by atoms with Crippen LogP contribution >= 0.6 is 0 Å². The Balaban J connectivity index is 1.97. The Bertz CT molecular complexity index is 634. The van der Waals surface area contributed by atoms with Gasteiger partial charge >= 0.3 is 0 Å². The third-order valence-electron chi connectivity index (χ3n) is 2.89. The highest BCUT2D eigenvalue weighted by Gasteiger charge is 2.02. The van der Waals surface area contributed by atoms with Crippen molar-refractivity contribution < 1.29 is 4.92 Å². The summed E-state index contributed by atoms with van der Waals surface area (Å²) in [7, 11) is 3.97. The van der Waals surface area contributed by atoms with Crippen LogP contribution in [-0.4, -0.2) is 25.2 Å². The molecule has 0 aliphatic rings. The first kappa shape index (κ1) is 14.5. The average Bonchev–Trinajstić information content (AvgIpc) is 2.48. The molecule has 0 aliphatic heterocycles. The Labute approximate surface area is 122 Å². The van der Waals surface area contributed by atoms with E-state index < -0.39 is 4.92 Å². The highest BCUT2D eigenvalue weighted by Crippen LogP contribution is 2.15. The van der Waals surface area contributed by atoms with Crippen molar-refractivity contribution in [2.45, 2.75) is 0 Å². The maximum atomic E-state index is 10.5. The van der Waals surface area contributed by atoms with Crippen molar-refractivity contribution in [1.29, 1.82) is 0 Å². The summed E-state index contributed by atoms with van der Waals surface area (Å²) in [4.78, 5) is 12.1. The third kappa shape index (κ3) is 4.04. The number of hydrogen-bond donors (Lipinski definition) is 1. The van der Waals surface area contributed by atoms with Gasteiger partial charge in [0.1, 0.15) is 0 Å². The lowest BCUT2D eigenvalue weighted by atomic mass is 10.2. The van der Waals surface area contributed by atoms with Crippen LogP contribution in [0.15, 0.2) is 53.6 Å². The van der Waals surface area contributed by atoms with Crippen LogP contribution in [0, 0.1) is 10.1 Å². The fraction of sp³-hybridized carbons (Fsp3) is 0.133. The van der Waals surface area contributed by atoms with Gasteiger partial charge in [0.15, 0.2) is 0 Å². The number of benzene rings is 2. The predicted molar refractivity (Wildman–Crippen MR) is 85.1 cm³/mol. The molecule has 0 aromatic heterocycles. The van der Waals surface area contributed by atoms with E-state index in [4.69, 9.17) is 0 Å². The maximum absolute atomic E-state index is 10.5. The molecule has 0 saturated carbocycles. The molecule has 108 valence electrons. The van der Waals surface area contributed by atoms with Gasteiger partial charge in [0.25, 0.3) is 5.69 Å². The van der Waals surface area contributed by atoms with Gasteiger partial charge in [-0.05, 0) is 29.8 Å². The Morgan fingerprint density at radius 3 is 2.24 bits per heavy atom. The minimum absolute atomic E-state index is 0.0591. The van der Waals surface area contributed by atoms with E-state index in [2.05, 4.69) is 10.5 Å². The number of hydrogen-bond acceptors (Lipinski definition) is 5. The lowest BCUT2D eigenvalue weighted by Gasteiger charge is -2.11. The molecule has 0 fully saturated rings. The van der Waals surface area contributed by atoms with Crippen molar-refractivity contribution in [3.8, 4) is 0 Å².